The summed E-state index contributed by atoms with van der Waals surface area (Å²) in [5.41, 5.74) is 13.8. The molecule has 0 saturated carbocycles. The van der Waals surface area contributed by atoms with Gasteiger partial charge in [-0.05, 0) is 96.3 Å². The average Bonchev–Trinajstić information content (AvgIpc) is 3.63. The van der Waals surface area contributed by atoms with Crippen LogP contribution >= 0.6 is 0 Å². The van der Waals surface area contributed by atoms with Crippen LogP contribution in [0.2, 0.25) is 0 Å². The Kier molecular flexibility index (Phi) is 8.58. The van der Waals surface area contributed by atoms with Crippen molar-refractivity contribution in [2.24, 2.45) is 5.92 Å². The van der Waals surface area contributed by atoms with Gasteiger partial charge in [0.15, 0.2) is 5.76 Å². The first-order valence-corrected chi connectivity index (χ1v) is 18.6. The van der Waals surface area contributed by atoms with Crippen molar-refractivity contribution >= 4 is 56.7 Å². The summed E-state index contributed by atoms with van der Waals surface area (Å²) in [6.07, 6.45) is 27.0. The zero-order valence-corrected chi connectivity index (χ0v) is 30.4. The van der Waals surface area contributed by atoms with E-state index in [1.165, 1.54) is 22.1 Å². The maximum absolute atomic E-state index is 6.49. The quantitative estimate of drug-likeness (QED) is 0.155. The lowest BCUT2D eigenvalue weighted by Crippen LogP contribution is -2.10. The van der Waals surface area contributed by atoms with E-state index in [0.717, 1.165) is 80.0 Å². The Balaban J connectivity index is 1.13. The fraction of sp³-hybridized carbons (Fsp3) is 0.0980. The molecule has 7 aromatic rings. The van der Waals surface area contributed by atoms with Crippen molar-refractivity contribution in [3.63, 3.8) is 0 Å². The van der Waals surface area contributed by atoms with Crippen molar-refractivity contribution in [2.45, 2.75) is 26.7 Å². The Hall–Kier alpha value is -6.76. The molecule has 260 valence electrons. The lowest BCUT2D eigenvalue weighted by Gasteiger charge is -2.26. The second-order valence-corrected chi connectivity index (χ2v) is 14.0. The Morgan fingerprint density at radius 1 is 0.722 bits per heavy atom. The minimum atomic E-state index is 0.502. The summed E-state index contributed by atoms with van der Waals surface area (Å²) in [5, 5.41) is 2.21. The molecule has 0 N–H and O–H groups in total. The Morgan fingerprint density at radius 2 is 1.41 bits per heavy atom. The highest BCUT2D eigenvalue weighted by molar-refractivity contribution is 5.99. The first-order valence-electron chi connectivity index (χ1n) is 18.6. The summed E-state index contributed by atoms with van der Waals surface area (Å²) in [7, 11) is 0. The molecular weight excluding hydrogens is 659 g/mol. The first kappa shape index (κ1) is 33.1. The van der Waals surface area contributed by atoms with E-state index in [4.69, 9.17) is 15.3 Å². The lowest BCUT2D eigenvalue weighted by atomic mass is 9.92. The van der Waals surface area contributed by atoms with Gasteiger partial charge in [0.05, 0.1) is 0 Å². The Bertz CT molecular complexity index is 2740. The van der Waals surface area contributed by atoms with Crippen molar-refractivity contribution in [3.8, 4) is 34.6 Å². The van der Waals surface area contributed by atoms with Crippen LogP contribution in [0.5, 0.6) is 0 Å². The van der Waals surface area contributed by atoms with Crippen LogP contribution in [-0.4, -0.2) is 0 Å². The number of anilines is 3. The van der Waals surface area contributed by atoms with Gasteiger partial charge in [0, 0.05) is 50.1 Å². The van der Waals surface area contributed by atoms with Crippen LogP contribution < -0.4 is 4.90 Å². The van der Waals surface area contributed by atoms with Crippen LogP contribution in [0.4, 0.5) is 17.1 Å². The molecule has 0 bridgehead atoms. The third-order valence-electron chi connectivity index (χ3n) is 10.5. The van der Waals surface area contributed by atoms with E-state index < -0.39 is 0 Å². The van der Waals surface area contributed by atoms with E-state index in [9.17, 15) is 0 Å². The zero-order chi connectivity index (χ0) is 36.6. The van der Waals surface area contributed by atoms with E-state index in [1.54, 1.807) is 0 Å². The van der Waals surface area contributed by atoms with Gasteiger partial charge in [-0.2, -0.15) is 0 Å². The highest BCUT2D eigenvalue weighted by Gasteiger charge is 2.21. The number of nitrogens with zero attached hydrogens (tertiary/aromatic N) is 1. The number of benzene rings is 5. The van der Waals surface area contributed by atoms with Crippen LogP contribution in [0.1, 0.15) is 48.5 Å². The molecule has 0 fully saturated rings. The molecule has 1 unspecified atom stereocenters. The van der Waals surface area contributed by atoms with Crippen LogP contribution in [0, 0.1) is 18.3 Å². The van der Waals surface area contributed by atoms with Gasteiger partial charge in [0.25, 0.3) is 0 Å². The van der Waals surface area contributed by atoms with Crippen molar-refractivity contribution in [1.29, 1.82) is 0 Å². The van der Waals surface area contributed by atoms with Crippen molar-refractivity contribution in [1.82, 2.24) is 0 Å². The van der Waals surface area contributed by atoms with Crippen molar-refractivity contribution in [3.05, 3.63) is 180 Å². The van der Waals surface area contributed by atoms with Gasteiger partial charge in [-0.15, -0.1) is 6.42 Å². The molecule has 3 nitrogen and oxygen atoms in total. The van der Waals surface area contributed by atoms with E-state index in [-0.39, 0.29) is 0 Å². The number of terminal acetylenes is 1. The molecule has 3 heteroatoms. The Morgan fingerprint density at radius 3 is 2.11 bits per heavy atom. The summed E-state index contributed by atoms with van der Waals surface area (Å²) in [6.45, 7) is 4.24. The highest BCUT2D eigenvalue weighted by atomic mass is 16.3. The molecule has 1 atom stereocenters. The molecule has 2 aliphatic rings. The molecule has 2 aliphatic carbocycles. The van der Waals surface area contributed by atoms with Gasteiger partial charge in [0.1, 0.15) is 16.9 Å². The summed E-state index contributed by atoms with van der Waals surface area (Å²) < 4.78 is 12.8. The van der Waals surface area contributed by atoms with Crippen LogP contribution in [0.15, 0.2) is 161 Å². The largest absolute Gasteiger partial charge is 0.456 e. The minimum Gasteiger partial charge on any atom is -0.456 e. The topological polar surface area (TPSA) is 29.5 Å². The number of fused-ring (bicyclic) bond motifs is 4. The highest BCUT2D eigenvalue weighted by Crippen LogP contribution is 2.42. The van der Waals surface area contributed by atoms with Crippen LogP contribution in [0.3, 0.4) is 0 Å². The molecule has 0 radical (unpaired) electrons. The maximum atomic E-state index is 6.49. The smallest absolute Gasteiger partial charge is 0.185 e. The SMILES string of the molecule is C#Cc1oc2c(-c3ccc(N(c4ccc(-c5cccc6c7c(oc56)C=CC(C)C7)cc4)c4cccc(C5=CCC=CC=C5)c4)cc3)cccc2c1/C=C\C. The van der Waals surface area contributed by atoms with Crippen LogP contribution in [-0.2, 0) is 6.42 Å². The number of hydrogen-bond acceptors (Lipinski definition) is 3. The number of rotatable bonds is 7. The molecule has 0 aliphatic heterocycles. The lowest BCUT2D eigenvalue weighted by molar-refractivity contribution is 0.585. The molecular formula is C51H39NO2. The van der Waals surface area contributed by atoms with Gasteiger partial charge in [0.2, 0.25) is 0 Å². The molecule has 0 amide bonds. The average molecular weight is 698 g/mol. The molecule has 0 saturated heterocycles. The fourth-order valence-electron chi connectivity index (χ4n) is 7.85. The number of furan rings is 2. The molecule has 54 heavy (non-hydrogen) atoms. The van der Waals surface area contributed by atoms with Gasteiger partial charge in [-0.1, -0.05) is 128 Å². The summed E-state index contributed by atoms with van der Waals surface area (Å²) >= 11 is 0. The third-order valence-corrected chi connectivity index (χ3v) is 10.5. The van der Waals surface area contributed by atoms with Gasteiger partial charge >= 0.3 is 0 Å². The molecule has 2 heterocycles. The standard InChI is InChI=1S/C51H39NO2/c1-4-13-44-45-20-11-18-42(50(45)53-48(44)5-2)36-23-27-39(28-24-36)52(41-17-10-16-38(33-41)35-14-8-6-7-9-15-35)40-29-25-37(26-30-40)43-19-12-21-46-47-32-34(3)22-31-49(47)54-51(43)46/h2,4,6-8,10-31,33-34H,9,32H2,1,3H3/b13-4-. The second-order valence-electron chi connectivity index (χ2n) is 14.0. The second kappa shape index (κ2) is 14.0. The Labute approximate surface area is 316 Å². The van der Waals surface area contributed by atoms with Crippen LogP contribution in [0.25, 0.3) is 61.9 Å². The van der Waals surface area contributed by atoms with Gasteiger partial charge in [-0.25, -0.2) is 0 Å². The number of hydrogen-bond donors (Lipinski definition) is 0. The minimum absolute atomic E-state index is 0.502. The fourth-order valence-corrected chi connectivity index (χ4v) is 7.85. The molecule has 0 spiro atoms. The first-order chi connectivity index (χ1) is 26.6. The van der Waals surface area contributed by atoms with Gasteiger partial charge in [-0.3, -0.25) is 0 Å². The summed E-state index contributed by atoms with van der Waals surface area (Å²) in [6, 6.07) is 39.1. The molecule has 2 aromatic heterocycles. The van der Waals surface area contributed by atoms with E-state index >= 15 is 0 Å². The predicted octanol–water partition coefficient (Wildman–Crippen LogP) is 14.1. The van der Waals surface area contributed by atoms with Crippen molar-refractivity contribution in [2.75, 3.05) is 4.90 Å². The monoisotopic (exact) mass is 697 g/mol. The maximum Gasteiger partial charge on any atom is 0.185 e. The normalized spacial score (nSPS) is 15.1. The summed E-state index contributed by atoms with van der Waals surface area (Å²) in [5.74, 6) is 4.76. The van der Waals surface area contributed by atoms with E-state index in [2.05, 4.69) is 169 Å². The molecule has 9 rings (SSSR count). The third kappa shape index (κ3) is 5.93. The number of allylic oxidation sites excluding steroid dienone is 8. The summed E-state index contributed by atoms with van der Waals surface area (Å²) in [4.78, 5) is 2.32. The van der Waals surface area contributed by atoms with E-state index in [1.807, 2.05) is 19.1 Å². The van der Waals surface area contributed by atoms with Crippen molar-refractivity contribution < 1.29 is 8.83 Å². The molecule has 5 aromatic carbocycles. The zero-order valence-electron chi connectivity index (χ0n) is 30.4. The number of para-hydroxylation sites is 2. The van der Waals surface area contributed by atoms with E-state index in [0.29, 0.717) is 11.7 Å². The van der Waals surface area contributed by atoms with Gasteiger partial charge < -0.3 is 13.7 Å². The predicted molar refractivity (Wildman–Crippen MR) is 227 cm³/mol.